The Morgan fingerprint density at radius 1 is 1.22 bits per heavy atom. The van der Waals surface area contributed by atoms with Crippen LogP contribution in [-0.4, -0.2) is 29.8 Å². The lowest BCUT2D eigenvalue weighted by molar-refractivity contribution is -0.129. The normalized spacial score (nSPS) is 10.8. The van der Waals surface area contributed by atoms with Crippen molar-refractivity contribution in [3.05, 3.63) is 11.8 Å². The molecule has 0 aromatic heterocycles. The highest BCUT2D eigenvalue weighted by atomic mass is 16.5. The van der Waals surface area contributed by atoms with E-state index < -0.39 is 0 Å². The Morgan fingerprint density at radius 3 is 2.44 bits per heavy atom. The monoisotopic (exact) mass is 256 g/mol. The van der Waals surface area contributed by atoms with E-state index in [2.05, 4.69) is 5.32 Å². The molecule has 0 atom stereocenters. The van der Waals surface area contributed by atoms with Gasteiger partial charge < -0.3 is 16.5 Å². The second kappa shape index (κ2) is 10.3. The van der Waals surface area contributed by atoms with Gasteiger partial charge in [-0.15, -0.1) is 0 Å². The van der Waals surface area contributed by atoms with Crippen LogP contribution in [0.2, 0.25) is 0 Å². The maximum atomic E-state index is 11.3. The van der Waals surface area contributed by atoms with Crippen LogP contribution in [0.1, 0.15) is 32.1 Å². The highest BCUT2D eigenvalue weighted by molar-refractivity contribution is 6.11. The van der Waals surface area contributed by atoms with E-state index in [1.54, 1.807) is 5.48 Å². The highest BCUT2D eigenvalue weighted by Crippen LogP contribution is 2.02. The Hall–Kier alpha value is -1.89. The van der Waals surface area contributed by atoms with Crippen molar-refractivity contribution < 1.29 is 14.8 Å². The summed E-state index contributed by atoms with van der Waals surface area (Å²) < 4.78 is 0. The number of carbonyl (C=O) groups excluding carboxylic acids is 2. The lowest BCUT2D eigenvalue weighted by Crippen LogP contribution is -2.27. The van der Waals surface area contributed by atoms with Crippen LogP contribution in [0.4, 0.5) is 0 Å². The summed E-state index contributed by atoms with van der Waals surface area (Å²) in [7, 11) is 0. The second-order valence-corrected chi connectivity index (χ2v) is 3.72. The maximum Gasteiger partial charge on any atom is 0.254 e. The zero-order chi connectivity index (χ0) is 13.8. The predicted octanol–water partition coefficient (Wildman–Crippen LogP) is 0.0507. The predicted molar refractivity (Wildman–Crippen MR) is 67.1 cm³/mol. The molecule has 6 N–H and O–H groups in total. The molecule has 0 heterocycles. The fraction of sp³-hybridized carbons (Fsp3) is 0.545. The average Bonchev–Trinajstić information content (AvgIpc) is 2.38. The van der Waals surface area contributed by atoms with Crippen LogP contribution >= 0.6 is 0 Å². The van der Waals surface area contributed by atoms with E-state index in [9.17, 15) is 9.59 Å². The van der Waals surface area contributed by atoms with Crippen LogP contribution in [0.15, 0.2) is 11.8 Å². The molecule has 0 bridgehead atoms. The molecule has 0 spiro atoms. The Kier molecular flexibility index (Phi) is 9.20. The minimum atomic E-state index is -0.382. The van der Waals surface area contributed by atoms with Crippen LogP contribution in [-0.2, 0) is 9.59 Å². The number of hydroxylamine groups is 1. The van der Waals surface area contributed by atoms with Gasteiger partial charge in [-0.2, -0.15) is 0 Å². The summed E-state index contributed by atoms with van der Waals surface area (Å²) in [5, 5.41) is 17.8. The number of carbonyl (C=O) groups is 2. The van der Waals surface area contributed by atoms with Gasteiger partial charge in [-0.25, -0.2) is 5.48 Å². The molecule has 0 aromatic rings. The van der Waals surface area contributed by atoms with Gasteiger partial charge in [0.15, 0.2) is 0 Å². The summed E-state index contributed by atoms with van der Waals surface area (Å²) in [5.41, 5.74) is 6.87. The van der Waals surface area contributed by atoms with Gasteiger partial charge in [0, 0.05) is 25.4 Å². The molecule has 0 aliphatic heterocycles. The Bertz CT molecular complexity index is 315. The maximum absolute atomic E-state index is 11.3. The average molecular weight is 256 g/mol. The first kappa shape index (κ1) is 16.1. The van der Waals surface area contributed by atoms with Crippen LogP contribution in [0, 0.1) is 5.41 Å². The largest absolute Gasteiger partial charge is 0.404 e. The topological polar surface area (TPSA) is 128 Å². The van der Waals surface area contributed by atoms with E-state index in [4.69, 9.17) is 16.4 Å². The van der Waals surface area contributed by atoms with Gasteiger partial charge in [-0.1, -0.05) is 12.8 Å². The number of hydrogen-bond donors (Lipinski definition) is 5. The number of amides is 2. The first-order chi connectivity index (χ1) is 8.65. The van der Waals surface area contributed by atoms with Crippen molar-refractivity contribution in [1.29, 1.82) is 5.41 Å². The first-order valence-electron chi connectivity index (χ1n) is 5.79. The quantitative estimate of drug-likeness (QED) is 0.131. The summed E-state index contributed by atoms with van der Waals surface area (Å²) in [6.07, 6.45) is 5.53. The van der Waals surface area contributed by atoms with Crippen molar-refractivity contribution in [2.75, 3.05) is 6.54 Å². The molecule has 0 unspecified atom stereocenters. The fourth-order valence-corrected chi connectivity index (χ4v) is 1.31. The molecule has 2 amide bonds. The van der Waals surface area contributed by atoms with E-state index in [0.717, 1.165) is 31.7 Å². The van der Waals surface area contributed by atoms with Gasteiger partial charge in [0.05, 0.1) is 5.57 Å². The summed E-state index contributed by atoms with van der Waals surface area (Å²) in [4.78, 5) is 22.0. The zero-order valence-electron chi connectivity index (χ0n) is 10.2. The third-order valence-electron chi connectivity index (χ3n) is 2.34. The van der Waals surface area contributed by atoms with Gasteiger partial charge in [0.1, 0.15) is 0 Å². The smallest absolute Gasteiger partial charge is 0.254 e. The number of rotatable bonds is 9. The minimum Gasteiger partial charge on any atom is -0.404 e. The van der Waals surface area contributed by atoms with Crippen molar-refractivity contribution in [2.45, 2.75) is 32.1 Å². The number of hydrogen-bond acceptors (Lipinski definition) is 5. The molecular weight excluding hydrogens is 236 g/mol. The Morgan fingerprint density at radius 2 is 1.89 bits per heavy atom. The molecule has 0 aromatic carbocycles. The third kappa shape index (κ3) is 7.39. The van der Waals surface area contributed by atoms with Crippen LogP contribution in [0.3, 0.4) is 0 Å². The van der Waals surface area contributed by atoms with Crippen LogP contribution in [0.25, 0.3) is 0 Å². The lowest BCUT2D eigenvalue weighted by Gasteiger charge is -2.04. The van der Waals surface area contributed by atoms with E-state index >= 15 is 0 Å². The van der Waals surface area contributed by atoms with Gasteiger partial charge in [0.25, 0.3) is 5.91 Å². The van der Waals surface area contributed by atoms with Crippen molar-refractivity contribution in [2.24, 2.45) is 5.73 Å². The van der Waals surface area contributed by atoms with Crippen molar-refractivity contribution in [1.82, 2.24) is 10.8 Å². The fourth-order valence-electron chi connectivity index (χ4n) is 1.31. The van der Waals surface area contributed by atoms with E-state index in [1.165, 1.54) is 0 Å². The van der Waals surface area contributed by atoms with Gasteiger partial charge in [-0.3, -0.25) is 14.8 Å². The molecule has 7 nitrogen and oxygen atoms in total. The number of nitrogens with two attached hydrogens (primary N) is 1. The van der Waals surface area contributed by atoms with Gasteiger partial charge >= 0.3 is 0 Å². The van der Waals surface area contributed by atoms with Crippen molar-refractivity contribution in [3.8, 4) is 0 Å². The molecule has 18 heavy (non-hydrogen) atoms. The summed E-state index contributed by atoms with van der Waals surface area (Å²) in [6, 6.07) is 0. The van der Waals surface area contributed by atoms with Gasteiger partial charge in [-0.05, 0) is 12.8 Å². The summed E-state index contributed by atoms with van der Waals surface area (Å²) >= 11 is 0. The molecule has 0 fully saturated rings. The summed E-state index contributed by atoms with van der Waals surface area (Å²) in [5.74, 6) is -0.737. The Labute approximate surface area is 106 Å². The standard InChI is InChI=1S/C11H20N4O3/c12-7-9(8-13)11(17)14-6-4-2-1-3-5-10(16)15-18/h7-8,12,18H,1-6,13H2,(H,14,17)(H,15,16)/b9-8+,12-7?. The highest BCUT2D eigenvalue weighted by Gasteiger charge is 2.04. The number of nitrogens with one attached hydrogen (secondary N) is 3. The SMILES string of the molecule is N=C/C(=C\N)C(=O)NCCCCCCC(=O)NO. The van der Waals surface area contributed by atoms with Crippen LogP contribution in [0.5, 0.6) is 0 Å². The summed E-state index contributed by atoms with van der Waals surface area (Å²) in [6.45, 7) is 0.510. The lowest BCUT2D eigenvalue weighted by atomic mass is 10.1. The second-order valence-electron chi connectivity index (χ2n) is 3.72. The van der Waals surface area contributed by atoms with E-state index in [0.29, 0.717) is 19.4 Å². The molecule has 0 rings (SSSR count). The molecule has 102 valence electrons. The van der Waals surface area contributed by atoms with E-state index in [-0.39, 0.29) is 17.4 Å². The zero-order valence-corrected chi connectivity index (χ0v) is 10.2. The molecule has 0 aliphatic rings. The van der Waals surface area contributed by atoms with Crippen LogP contribution < -0.4 is 16.5 Å². The first-order valence-corrected chi connectivity index (χ1v) is 5.79. The van der Waals surface area contributed by atoms with Crippen molar-refractivity contribution >= 4 is 18.0 Å². The minimum absolute atomic E-state index is 0.134. The molecule has 0 aliphatic carbocycles. The molecular formula is C11H20N4O3. The Balaban J connectivity index is 3.49. The van der Waals surface area contributed by atoms with E-state index in [1.807, 2.05) is 0 Å². The molecule has 0 saturated heterocycles. The number of unbranched alkanes of at least 4 members (excludes halogenated alkanes) is 3. The van der Waals surface area contributed by atoms with Gasteiger partial charge in [0.2, 0.25) is 5.91 Å². The molecule has 0 saturated carbocycles. The van der Waals surface area contributed by atoms with Crippen molar-refractivity contribution in [3.63, 3.8) is 0 Å². The molecule has 7 heteroatoms. The molecule has 0 radical (unpaired) electrons. The third-order valence-corrected chi connectivity index (χ3v) is 2.34.